The second-order valence-electron chi connectivity index (χ2n) is 11.4. The van der Waals surface area contributed by atoms with E-state index in [1.165, 1.54) is 68.3 Å². The van der Waals surface area contributed by atoms with Gasteiger partial charge in [-0.25, -0.2) is 0 Å². The zero-order valence-corrected chi connectivity index (χ0v) is 26.0. The van der Waals surface area contributed by atoms with Gasteiger partial charge in [0.2, 0.25) is 0 Å². The van der Waals surface area contributed by atoms with Crippen LogP contribution in [0.15, 0.2) is 164 Å². The maximum atomic E-state index is 2.44. The molecule has 212 valence electrons. The Morgan fingerprint density at radius 3 is 1.56 bits per heavy atom. The summed E-state index contributed by atoms with van der Waals surface area (Å²) in [5.41, 5.74) is 8.39. The van der Waals surface area contributed by atoms with Gasteiger partial charge in [0.15, 0.2) is 0 Å². The molecule has 9 aromatic rings. The van der Waals surface area contributed by atoms with Gasteiger partial charge < -0.3 is 4.90 Å². The molecule has 0 aliphatic heterocycles. The first-order valence-electron chi connectivity index (χ1n) is 15.2. The van der Waals surface area contributed by atoms with Crippen molar-refractivity contribution in [2.24, 2.45) is 0 Å². The summed E-state index contributed by atoms with van der Waals surface area (Å²) in [4.78, 5) is 2.44. The molecule has 0 amide bonds. The number of hydrogen-bond acceptors (Lipinski definition) is 3. The van der Waals surface area contributed by atoms with Crippen LogP contribution >= 0.6 is 22.7 Å². The fourth-order valence-corrected chi connectivity index (χ4v) is 8.77. The van der Waals surface area contributed by atoms with E-state index in [1.807, 2.05) is 22.7 Å². The van der Waals surface area contributed by atoms with E-state index in [0.29, 0.717) is 0 Å². The largest absolute Gasteiger partial charge is 0.309 e. The van der Waals surface area contributed by atoms with Crippen molar-refractivity contribution in [3.05, 3.63) is 164 Å². The lowest BCUT2D eigenvalue weighted by atomic mass is 10.00. The Hall–Kier alpha value is -5.22. The van der Waals surface area contributed by atoms with Crippen molar-refractivity contribution < 1.29 is 0 Å². The van der Waals surface area contributed by atoms with Crippen LogP contribution in [0.5, 0.6) is 0 Å². The van der Waals surface area contributed by atoms with E-state index in [0.717, 1.165) is 11.4 Å². The second-order valence-corrected chi connectivity index (χ2v) is 13.5. The van der Waals surface area contributed by atoms with Crippen molar-refractivity contribution in [2.45, 2.75) is 0 Å². The van der Waals surface area contributed by atoms with Crippen LogP contribution in [-0.2, 0) is 0 Å². The highest BCUT2D eigenvalue weighted by atomic mass is 32.1. The molecule has 0 N–H and O–H groups in total. The predicted octanol–water partition coefficient (Wildman–Crippen LogP) is 13.2. The van der Waals surface area contributed by atoms with Crippen molar-refractivity contribution in [1.82, 2.24) is 0 Å². The zero-order chi connectivity index (χ0) is 29.7. The normalized spacial score (nSPS) is 11.6. The molecular formula is C42H27NS2. The Balaban J connectivity index is 1.19. The lowest BCUT2D eigenvalue weighted by Gasteiger charge is -2.26. The van der Waals surface area contributed by atoms with E-state index in [9.17, 15) is 0 Å². The number of thiophene rings is 2. The molecule has 0 bridgehead atoms. The molecule has 0 saturated heterocycles. The minimum absolute atomic E-state index is 1.14. The number of nitrogens with zero attached hydrogens (tertiary/aromatic N) is 1. The van der Waals surface area contributed by atoms with Gasteiger partial charge in [0.1, 0.15) is 0 Å². The lowest BCUT2D eigenvalue weighted by Crippen LogP contribution is -2.10. The number of benzene rings is 7. The third kappa shape index (κ3) is 4.52. The molecule has 45 heavy (non-hydrogen) atoms. The average molecular weight is 610 g/mol. The van der Waals surface area contributed by atoms with Crippen molar-refractivity contribution in [2.75, 3.05) is 4.90 Å². The molecule has 0 radical (unpaired) electrons. The van der Waals surface area contributed by atoms with E-state index >= 15 is 0 Å². The minimum atomic E-state index is 1.14. The molecular weight excluding hydrogens is 583 g/mol. The quantitative estimate of drug-likeness (QED) is 0.188. The summed E-state index contributed by atoms with van der Waals surface area (Å²) in [5, 5.41) is 5.23. The molecule has 1 nitrogen and oxygen atoms in total. The first kappa shape index (κ1) is 26.2. The average Bonchev–Trinajstić information content (AvgIpc) is 3.68. The molecule has 0 fully saturated rings. The maximum absolute atomic E-state index is 2.44. The molecule has 2 heterocycles. The monoisotopic (exact) mass is 609 g/mol. The molecule has 3 heteroatoms. The van der Waals surface area contributed by atoms with Crippen molar-refractivity contribution in [3.63, 3.8) is 0 Å². The number of anilines is 3. The van der Waals surface area contributed by atoms with Crippen molar-refractivity contribution in [3.8, 4) is 22.3 Å². The van der Waals surface area contributed by atoms with E-state index in [4.69, 9.17) is 0 Å². The fraction of sp³-hybridized carbons (Fsp3) is 0. The maximum Gasteiger partial charge on any atom is 0.0640 e. The predicted molar refractivity (Wildman–Crippen MR) is 198 cm³/mol. The molecule has 0 aliphatic rings. The summed E-state index contributed by atoms with van der Waals surface area (Å²) < 4.78 is 5.25. The third-order valence-corrected chi connectivity index (χ3v) is 11.1. The zero-order valence-electron chi connectivity index (χ0n) is 24.4. The molecule has 2 aromatic heterocycles. The number of rotatable bonds is 5. The summed E-state index contributed by atoms with van der Waals surface area (Å²) in [5.74, 6) is 0. The third-order valence-electron chi connectivity index (χ3n) is 8.69. The first-order valence-corrected chi connectivity index (χ1v) is 16.8. The summed E-state index contributed by atoms with van der Waals surface area (Å²) >= 11 is 3.74. The smallest absolute Gasteiger partial charge is 0.0640 e. The Labute approximate surface area is 269 Å². The molecule has 0 atom stereocenters. The van der Waals surface area contributed by atoms with Crippen molar-refractivity contribution in [1.29, 1.82) is 0 Å². The molecule has 9 rings (SSSR count). The van der Waals surface area contributed by atoms with Crippen LogP contribution in [0.4, 0.5) is 17.1 Å². The Kier molecular flexibility index (Phi) is 6.26. The van der Waals surface area contributed by atoms with Gasteiger partial charge in [0, 0.05) is 47.0 Å². The van der Waals surface area contributed by atoms with Crippen LogP contribution in [-0.4, -0.2) is 0 Å². The lowest BCUT2D eigenvalue weighted by molar-refractivity contribution is 1.31. The Bertz CT molecular complexity index is 2470. The van der Waals surface area contributed by atoms with Crippen LogP contribution in [0.2, 0.25) is 0 Å². The Morgan fingerprint density at radius 2 is 0.844 bits per heavy atom. The fourth-order valence-electron chi connectivity index (χ4n) is 6.48. The van der Waals surface area contributed by atoms with E-state index in [2.05, 4.69) is 169 Å². The molecule has 0 saturated carbocycles. The molecule has 7 aromatic carbocycles. The molecule has 0 unspecified atom stereocenters. The van der Waals surface area contributed by atoms with Gasteiger partial charge in [0.25, 0.3) is 0 Å². The van der Waals surface area contributed by atoms with E-state index < -0.39 is 0 Å². The van der Waals surface area contributed by atoms with Crippen LogP contribution in [0, 0.1) is 0 Å². The minimum Gasteiger partial charge on any atom is -0.309 e. The van der Waals surface area contributed by atoms with Gasteiger partial charge in [-0.2, -0.15) is 0 Å². The number of fused-ring (bicyclic) bond motifs is 6. The second kappa shape index (κ2) is 10.7. The van der Waals surface area contributed by atoms with Gasteiger partial charge in [-0.1, -0.05) is 115 Å². The standard InChI is InChI=1S/C42H27NS2/c1-2-9-28(10-3-1)29-17-19-30(20-18-29)31-21-23-32(24-22-31)43(33-25-26-41-37(27-33)35-12-5-6-15-39(35)44-41)38-14-8-13-36-34-11-4-7-16-40(34)45-42(36)38/h1-27H. The highest BCUT2D eigenvalue weighted by molar-refractivity contribution is 7.26. The molecule has 0 aliphatic carbocycles. The first-order chi connectivity index (χ1) is 22.3. The van der Waals surface area contributed by atoms with Gasteiger partial charge >= 0.3 is 0 Å². The summed E-state index contributed by atoms with van der Waals surface area (Å²) in [7, 11) is 0. The number of hydrogen-bond donors (Lipinski definition) is 0. The summed E-state index contributed by atoms with van der Waals surface area (Å²) in [6.07, 6.45) is 0. The SMILES string of the molecule is c1ccc(-c2ccc(-c3ccc(N(c4ccc5sc6ccccc6c5c4)c4cccc5c4sc4ccccc45)cc3)cc2)cc1. The van der Waals surface area contributed by atoms with E-state index in [1.54, 1.807) is 0 Å². The van der Waals surface area contributed by atoms with Gasteiger partial charge in [-0.3, -0.25) is 0 Å². The van der Waals surface area contributed by atoms with Gasteiger partial charge in [-0.05, 0) is 70.8 Å². The van der Waals surface area contributed by atoms with E-state index in [-0.39, 0.29) is 0 Å². The van der Waals surface area contributed by atoms with Crippen LogP contribution < -0.4 is 4.90 Å². The van der Waals surface area contributed by atoms with Gasteiger partial charge in [0.05, 0.1) is 10.4 Å². The summed E-state index contributed by atoms with van der Waals surface area (Å²) in [6, 6.07) is 59.6. The van der Waals surface area contributed by atoms with Crippen LogP contribution in [0.1, 0.15) is 0 Å². The topological polar surface area (TPSA) is 3.24 Å². The highest BCUT2D eigenvalue weighted by Gasteiger charge is 2.19. The highest BCUT2D eigenvalue weighted by Crippen LogP contribution is 2.46. The van der Waals surface area contributed by atoms with Crippen LogP contribution in [0.3, 0.4) is 0 Å². The molecule has 0 spiro atoms. The van der Waals surface area contributed by atoms with Crippen molar-refractivity contribution >= 4 is 80.1 Å². The van der Waals surface area contributed by atoms with Crippen LogP contribution in [0.25, 0.3) is 62.6 Å². The Morgan fingerprint density at radius 1 is 0.333 bits per heavy atom. The van der Waals surface area contributed by atoms with Gasteiger partial charge in [-0.15, -0.1) is 22.7 Å². The summed E-state index contributed by atoms with van der Waals surface area (Å²) in [6.45, 7) is 0.